The molecule has 20 heavy (non-hydrogen) atoms. The number of nitrogens with one attached hydrogen (secondary N) is 1. The van der Waals surface area contributed by atoms with Crippen LogP contribution in [0, 0.1) is 5.82 Å². The molecular weight excluding hydrogens is 273 g/mol. The Morgan fingerprint density at radius 3 is 2.75 bits per heavy atom. The van der Waals surface area contributed by atoms with Crippen LogP contribution in [0.2, 0.25) is 0 Å². The molecule has 0 heterocycles. The largest absolute Gasteiger partial charge is 0.497 e. The molecule has 0 amide bonds. The first-order valence-electron chi connectivity index (χ1n) is 6.53. The van der Waals surface area contributed by atoms with Crippen LogP contribution in [-0.4, -0.2) is 13.7 Å². The van der Waals surface area contributed by atoms with Crippen molar-refractivity contribution in [3.63, 3.8) is 0 Å². The normalized spacial score (nSPS) is 10.6. The molecule has 0 bridgehead atoms. The fraction of sp³-hybridized carbons (Fsp3) is 0.250. The standard InChI is InChI=1S/C16H18FNOS/c1-3-18-11-12-7-13(17)9-16(8-12)20-15-6-4-5-14(10-15)19-2/h4-10,18H,3,11H2,1-2H3. The number of halogens is 1. The minimum absolute atomic E-state index is 0.203. The lowest BCUT2D eigenvalue weighted by Crippen LogP contribution is -2.11. The first-order chi connectivity index (χ1) is 9.71. The van der Waals surface area contributed by atoms with Gasteiger partial charge in [-0.2, -0.15) is 0 Å². The summed E-state index contributed by atoms with van der Waals surface area (Å²) in [6, 6.07) is 12.9. The van der Waals surface area contributed by atoms with Gasteiger partial charge in [-0.3, -0.25) is 0 Å². The summed E-state index contributed by atoms with van der Waals surface area (Å²) in [7, 11) is 1.64. The zero-order valence-corrected chi connectivity index (χ0v) is 12.5. The van der Waals surface area contributed by atoms with Crippen molar-refractivity contribution in [2.24, 2.45) is 0 Å². The molecule has 0 aliphatic heterocycles. The topological polar surface area (TPSA) is 21.3 Å². The van der Waals surface area contributed by atoms with Crippen molar-refractivity contribution >= 4 is 11.8 Å². The molecule has 0 radical (unpaired) electrons. The first-order valence-corrected chi connectivity index (χ1v) is 7.35. The van der Waals surface area contributed by atoms with E-state index in [0.717, 1.165) is 27.6 Å². The number of ether oxygens (including phenoxy) is 1. The molecule has 0 saturated heterocycles. The van der Waals surface area contributed by atoms with E-state index in [0.29, 0.717) is 6.54 Å². The number of rotatable bonds is 6. The lowest BCUT2D eigenvalue weighted by atomic mass is 10.2. The van der Waals surface area contributed by atoms with E-state index in [2.05, 4.69) is 5.32 Å². The maximum Gasteiger partial charge on any atom is 0.124 e. The van der Waals surface area contributed by atoms with E-state index in [4.69, 9.17) is 4.74 Å². The summed E-state index contributed by atoms with van der Waals surface area (Å²) in [5, 5.41) is 3.21. The van der Waals surface area contributed by atoms with Crippen LogP contribution in [0.25, 0.3) is 0 Å². The molecule has 2 aromatic carbocycles. The third kappa shape index (κ3) is 4.25. The van der Waals surface area contributed by atoms with Crippen LogP contribution in [0.4, 0.5) is 4.39 Å². The Morgan fingerprint density at radius 2 is 2.00 bits per heavy atom. The summed E-state index contributed by atoms with van der Waals surface area (Å²) in [5.41, 5.74) is 0.956. The van der Waals surface area contributed by atoms with Gasteiger partial charge in [-0.05, 0) is 48.5 Å². The fourth-order valence-corrected chi connectivity index (χ4v) is 2.83. The quantitative estimate of drug-likeness (QED) is 0.866. The van der Waals surface area contributed by atoms with Gasteiger partial charge < -0.3 is 10.1 Å². The summed E-state index contributed by atoms with van der Waals surface area (Å²) in [6.45, 7) is 3.58. The molecule has 0 aromatic heterocycles. The van der Waals surface area contributed by atoms with Crippen molar-refractivity contribution in [1.82, 2.24) is 5.32 Å². The van der Waals surface area contributed by atoms with Gasteiger partial charge in [0.15, 0.2) is 0 Å². The highest BCUT2D eigenvalue weighted by Crippen LogP contribution is 2.31. The van der Waals surface area contributed by atoms with E-state index in [1.165, 1.54) is 11.8 Å². The molecule has 2 aromatic rings. The summed E-state index contributed by atoms with van der Waals surface area (Å²) in [4.78, 5) is 1.93. The third-order valence-electron chi connectivity index (χ3n) is 2.79. The van der Waals surface area contributed by atoms with Crippen molar-refractivity contribution in [2.75, 3.05) is 13.7 Å². The minimum Gasteiger partial charge on any atom is -0.497 e. The predicted octanol–water partition coefficient (Wildman–Crippen LogP) is 4.10. The Kier molecular flexibility index (Phi) is 5.44. The maximum atomic E-state index is 13.6. The molecule has 0 aliphatic rings. The molecule has 2 nitrogen and oxygen atoms in total. The van der Waals surface area contributed by atoms with Crippen molar-refractivity contribution in [3.05, 3.63) is 53.8 Å². The molecule has 0 unspecified atom stereocenters. The monoisotopic (exact) mass is 291 g/mol. The van der Waals surface area contributed by atoms with Gasteiger partial charge in [-0.15, -0.1) is 0 Å². The van der Waals surface area contributed by atoms with Crippen LogP contribution in [0.15, 0.2) is 52.3 Å². The molecule has 2 rings (SSSR count). The molecule has 4 heteroatoms. The van der Waals surface area contributed by atoms with E-state index >= 15 is 0 Å². The predicted molar refractivity (Wildman–Crippen MR) is 80.9 cm³/mol. The average molecular weight is 291 g/mol. The number of methoxy groups -OCH3 is 1. The molecule has 0 aliphatic carbocycles. The Balaban J connectivity index is 2.17. The fourth-order valence-electron chi connectivity index (χ4n) is 1.85. The van der Waals surface area contributed by atoms with Crippen LogP contribution < -0.4 is 10.1 Å². The lowest BCUT2D eigenvalue weighted by molar-refractivity contribution is 0.413. The van der Waals surface area contributed by atoms with Crippen LogP contribution in [0.3, 0.4) is 0 Å². The average Bonchev–Trinajstić information content (AvgIpc) is 2.44. The molecule has 0 fully saturated rings. The number of hydrogen-bond acceptors (Lipinski definition) is 3. The molecule has 106 valence electrons. The summed E-state index contributed by atoms with van der Waals surface area (Å²) < 4.78 is 18.8. The molecular formula is C16H18FNOS. The summed E-state index contributed by atoms with van der Waals surface area (Å²) in [6.07, 6.45) is 0. The van der Waals surface area contributed by atoms with Crippen LogP contribution in [0.5, 0.6) is 5.75 Å². The Bertz CT molecular complexity index is 574. The maximum absolute atomic E-state index is 13.6. The highest BCUT2D eigenvalue weighted by Gasteiger charge is 2.04. The zero-order valence-electron chi connectivity index (χ0n) is 11.7. The van der Waals surface area contributed by atoms with Gasteiger partial charge in [0.25, 0.3) is 0 Å². The second-order valence-electron chi connectivity index (χ2n) is 4.36. The van der Waals surface area contributed by atoms with Gasteiger partial charge in [0.05, 0.1) is 7.11 Å². The third-order valence-corrected chi connectivity index (χ3v) is 3.75. The summed E-state index contributed by atoms with van der Waals surface area (Å²) in [5.74, 6) is 0.602. The Labute approximate surface area is 123 Å². The zero-order chi connectivity index (χ0) is 14.4. The first kappa shape index (κ1) is 14.9. The van der Waals surface area contributed by atoms with Crippen LogP contribution in [-0.2, 0) is 6.54 Å². The van der Waals surface area contributed by atoms with Gasteiger partial charge in [0.1, 0.15) is 11.6 Å². The van der Waals surface area contributed by atoms with Crippen LogP contribution >= 0.6 is 11.8 Å². The highest BCUT2D eigenvalue weighted by molar-refractivity contribution is 7.99. The van der Waals surface area contributed by atoms with E-state index in [9.17, 15) is 4.39 Å². The number of hydrogen-bond donors (Lipinski definition) is 1. The lowest BCUT2D eigenvalue weighted by Gasteiger charge is -2.08. The SMILES string of the molecule is CCNCc1cc(F)cc(Sc2cccc(OC)c2)c1. The second kappa shape index (κ2) is 7.31. The van der Waals surface area contributed by atoms with Gasteiger partial charge >= 0.3 is 0 Å². The molecule has 1 N–H and O–H groups in total. The van der Waals surface area contributed by atoms with Crippen molar-refractivity contribution in [1.29, 1.82) is 0 Å². The highest BCUT2D eigenvalue weighted by atomic mass is 32.2. The second-order valence-corrected chi connectivity index (χ2v) is 5.50. The van der Waals surface area contributed by atoms with Gasteiger partial charge in [-0.25, -0.2) is 4.39 Å². The van der Waals surface area contributed by atoms with E-state index in [-0.39, 0.29) is 5.82 Å². The van der Waals surface area contributed by atoms with Gasteiger partial charge in [0, 0.05) is 16.3 Å². The number of benzene rings is 2. The Morgan fingerprint density at radius 1 is 1.15 bits per heavy atom. The molecule has 0 atom stereocenters. The van der Waals surface area contributed by atoms with Gasteiger partial charge in [0.2, 0.25) is 0 Å². The smallest absolute Gasteiger partial charge is 0.124 e. The summed E-state index contributed by atoms with van der Waals surface area (Å²) >= 11 is 1.53. The van der Waals surface area contributed by atoms with E-state index in [1.807, 2.05) is 37.3 Å². The minimum atomic E-state index is -0.203. The van der Waals surface area contributed by atoms with Crippen molar-refractivity contribution in [3.8, 4) is 5.75 Å². The van der Waals surface area contributed by atoms with E-state index in [1.54, 1.807) is 19.2 Å². The van der Waals surface area contributed by atoms with Gasteiger partial charge in [-0.1, -0.05) is 24.8 Å². The molecule has 0 saturated carbocycles. The van der Waals surface area contributed by atoms with Crippen LogP contribution in [0.1, 0.15) is 12.5 Å². The Hall–Kier alpha value is -1.52. The van der Waals surface area contributed by atoms with Crippen molar-refractivity contribution in [2.45, 2.75) is 23.3 Å². The van der Waals surface area contributed by atoms with E-state index < -0.39 is 0 Å². The molecule has 0 spiro atoms. The van der Waals surface area contributed by atoms with Crippen molar-refractivity contribution < 1.29 is 9.13 Å².